The lowest BCUT2D eigenvalue weighted by Gasteiger charge is -2.32. The van der Waals surface area contributed by atoms with Crippen molar-refractivity contribution in [3.8, 4) is 5.75 Å². The second-order valence-corrected chi connectivity index (χ2v) is 9.56. The Balaban J connectivity index is 1.64. The molecular formula is C32H36N2O4. The summed E-state index contributed by atoms with van der Waals surface area (Å²) in [5.41, 5.74) is 2.69. The van der Waals surface area contributed by atoms with E-state index in [0.29, 0.717) is 31.0 Å². The molecule has 1 saturated heterocycles. The maximum atomic E-state index is 13.3. The maximum absolute atomic E-state index is 13.3. The van der Waals surface area contributed by atoms with Gasteiger partial charge in [0.2, 0.25) is 0 Å². The highest BCUT2D eigenvalue weighted by atomic mass is 16.5. The van der Waals surface area contributed by atoms with Crippen LogP contribution in [0.5, 0.6) is 5.75 Å². The van der Waals surface area contributed by atoms with E-state index in [-0.39, 0.29) is 17.3 Å². The number of likely N-dealkylation sites (N-methyl/N-ethyl adjacent to an activating group) is 1. The number of ether oxygens (including phenoxy) is 1. The smallest absolute Gasteiger partial charge is 0.295 e. The molecule has 0 radical (unpaired) electrons. The minimum absolute atomic E-state index is 0.156. The molecule has 0 saturated carbocycles. The van der Waals surface area contributed by atoms with E-state index in [0.717, 1.165) is 24.2 Å². The average Bonchev–Trinajstić information content (AvgIpc) is 3.22. The van der Waals surface area contributed by atoms with Gasteiger partial charge >= 0.3 is 0 Å². The molecule has 0 bridgehead atoms. The van der Waals surface area contributed by atoms with Crippen molar-refractivity contribution in [1.29, 1.82) is 0 Å². The summed E-state index contributed by atoms with van der Waals surface area (Å²) in [6.07, 6.45) is 0. The number of aliphatic hydroxyl groups is 1. The minimum Gasteiger partial charge on any atom is -0.507 e. The Bertz CT molecular complexity index is 1250. The van der Waals surface area contributed by atoms with Gasteiger partial charge in [-0.1, -0.05) is 81.4 Å². The van der Waals surface area contributed by atoms with Gasteiger partial charge in [-0.3, -0.25) is 9.59 Å². The Labute approximate surface area is 225 Å². The van der Waals surface area contributed by atoms with Crippen molar-refractivity contribution in [2.24, 2.45) is 0 Å². The minimum atomic E-state index is -0.640. The molecule has 3 aromatic carbocycles. The zero-order chi connectivity index (χ0) is 27.1. The molecule has 1 N–H and O–H groups in total. The van der Waals surface area contributed by atoms with Gasteiger partial charge in [-0.05, 0) is 48.5 Å². The highest BCUT2D eigenvalue weighted by Crippen LogP contribution is 2.37. The van der Waals surface area contributed by atoms with Crippen LogP contribution >= 0.6 is 0 Å². The van der Waals surface area contributed by atoms with Crippen LogP contribution in [0.4, 0.5) is 0 Å². The fourth-order valence-electron chi connectivity index (χ4n) is 5.00. The lowest BCUT2D eigenvalue weighted by Crippen LogP contribution is -2.42. The maximum Gasteiger partial charge on any atom is 0.295 e. The third kappa shape index (κ3) is 5.97. The molecule has 6 nitrogen and oxygen atoms in total. The summed E-state index contributed by atoms with van der Waals surface area (Å²) in [6, 6.07) is 26.1. The lowest BCUT2D eigenvalue weighted by atomic mass is 9.87. The van der Waals surface area contributed by atoms with Crippen LogP contribution in [0.3, 0.4) is 0 Å². The van der Waals surface area contributed by atoms with Gasteiger partial charge in [-0.15, -0.1) is 0 Å². The highest BCUT2D eigenvalue weighted by molar-refractivity contribution is 6.46. The third-order valence-electron chi connectivity index (χ3n) is 7.31. The van der Waals surface area contributed by atoms with Crippen LogP contribution in [-0.4, -0.2) is 58.8 Å². The van der Waals surface area contributed by atoms with Gasteiger partial charge in [-0.25, -0.2) is 0 Å². The summed E-state index contributed by atoms with van der Waals surface area (Å²) in [6.45, 7) is 9.38. The van der Waals surface area contributed by atoms with Crippen molar-refractivity contribution >= 4 is 17.4 Å². The number of benzene rings is 3. The van der Waals surface area contributed by atoms with Crippen molar-refractivity contribution in [3.63, 3.8) is 0 Å². The summed E-state index contributed by atoms with van der Waals surface area (Å²) in [4.78, 5) is 30.5. The number of amides is 1. The molecule has 198 valence electrons. The summed E-state index contributed by atoms with van der Waals surface area (Å²) in [5, 5.41) is 11.4. The van der Waals surface area contributed by atoms with Crippen LogP contribution < -0.4 is 4.74 Å². The number of carbonyl (C=O) groups excluding carboxylic acids is 2. The van der Waals surface area contributed by atoms with Gasteiger partial charge in [0.15, 0.2) is 0 Å². The van der Waals surface area contributed by atoms with E-state index in [4.69, 9.17) is 4.74 Å². The molecule has 1 heterocycles. The van der Waals surface area contributed by atoms with Crippen LogP contribution in [0.25, 0.3) is 5.76 Å². The monoisotopic (exact) mass is 512 g/mol. The predicted octanol–water partition coefficient (Wildman–Crippen LogP) is 5.46. The second kappa shape index (κ2) is 12.6. The van der Waals surface area contributed by atoms with Crippen LogP contribution in [0, 0.1) is 0 Å². The normalized spacial score (nSPS) is 17.7. The SMILES string of the molecule is CCN(CC)CCN1C(=O)C(=O)/C(=C(/O)c2ccc(OCc3ccccc3)cc2)C1C(C)c1ccccc1. The largest absolute Gasteiger partial charge is 0.507 e. The van der Waals surface area contributed by atoms with E-state index < -0.39 is 17.7 Å². The third-order valence-corrected chi connectivity index (χ3v) is 7.31. The van der Waals surface area contributed by atoms with Gasteiger partial charge in [0, 0.05) is 24.6 Å². The number of nitrogens with zero attached hydrogens (tertiary/aromatic N) is 2. The molecule has 0 aliphatic carbocycles. The fraction of sp³-hybridized carbons (Fsp3) is 0.312. The first-order chi connectivity index (χ1) is 18.4. The van der Waals surface area contributed by atoms with Crippen molar-refractivity contribution in [3.05, 3.63) is 107 Å². The molecule has 3 aromatic rings. The first-order valence-corrected chi connectivity index (χ1v) is 13.3. The van der Waals surface area contributed by atoms with Crippen molar-refractivity contribution in [2.45, 2.75) is 39.3 Å². The summed E-state index contributed by atoms with van der Waals surface area (Å²) < 4.78 is 5.87. The van der Waals surface area contributed by atoms with E-state index in [1.165, 1.54) is 0 Å². The van der Waals surface area contributed by atoms with Crippen LogP contribution in [0.1, 0.15) is 43.4 Å². The number of carbonyl (C=O) groups is 2. The van der Waals surface area contributed by atoms with Crippen molar-refractivity contribution < 1.29 is 19.4 Å². The van der Waals surface area contributed by atoms with E-state index >= 15 is 0 Å². The summed E-state index contributed by atoms with van der Waals surface area (Å²) >= 11 is 0. The molecule has 0 aromatic heterocycles. The fourth-order valence-corrected chi connectivity index (χ4v) is 5.00. The molecule has 2 unspecified atom stereocenters. The lowest BCUT2D eigenvalue weighted by molar-refractivity contribution is -0.140. The topological polar surface area (TPSA) is 70.1 Å². The first-order valence-electron chi connectivity index (χ1n) is 13.3. The van der Waals surface area contributed by atoms with E-state index in [1.807, 2.05) is 67.6 Å². The van der Waals surface area contributed by atoms with E-state index in [2.05, 4.69) is 18.7 Å². The Hall–Kier alpha value is -3.90. The van der Waals surface area contributed by atoms with Crippen molar-refractivity contribution in [1.82, 2.24) is 9.80 Å². The Morgan fingerprint density at radius 1 is 0.921 bits per heavy atom. The molecule has 38 heavy (non-hydrogen) atoms. The number of hydrogen-bond acceptors (Lipinski definition) is 5. The Morgan fingerprint density at radius 2 is 1.53 bits per heavy atom. The van der Waals surface area contributed by atoms with Gasteiger partial charge in [0.1, 0.15) is 18.1 Å². The highest BCUT2D eigenvalue weighted by Gasteiger charge is 2.47. The number of likely N-dealkylation sites (tertiary alicyclic amines) is 1. The van der Waals surface area contributed by atoms with Crippen LogP contribution in [0.2, 0.25) is 0 Å². The number of ketones is 1. The van der Waals surface area contributed by atoms with Gasteiger partial charge in [0.25, 0.3) is 11.7 Å². The predicted molar refractivity (Wildman–Crippen MR) is 150 cm³/mol. The summed E-state index contributed by atoms with van der Waals surface area (Å²) in [5.74, 6) is -0.891. The molecule has 2 atom stereocenters. The molecule has 1 aliphatic heterocycles. The number of aliphatic hydroxyl groups excluding tert-OH is 1. The van der Waals surface area contributed by atoms with Crippen LogP contribution in [-0.2, 0) is 16.2 Å². The zero-order valence-electron chi connectivity index (χ0n) is 22.3. The second-order valence-electron chi connectivity index (χ2n) is 9.56. The molecule has 1 amide bonds. The standard InChI is InChI=1S/C32H36N2O4/c1-4-33(5-2)20-21-34-29(23(3)25-14-10-7-11-15-25)28(31(36)32(34)37)30(35)26-16-18-27(19-17-26)38-22-24-12-8-6-9-13-24/h6-19,23,29,35H,4-5,20-22H2,1-3H3/b30-28+. The first kappa shape index (κ1) is 27.1. The Morgan fingerprint density at radius 3 is 2.13 bits per heavy atom. The molecule has 4 rings (SSSR count). The zero-order valence-corrected chi connectivity index (χ0v) is 22.3. The summed E-state index contributed by atoms with van der Waals surface area (Å²) in [7, 11) is 0. The molecular weight excluding hydrogens is 476 g/mol. The average molecular weight is 513 g/mol. The molecule has 0 spiro atoms. The Kier molecular flexibility index (Phi) is 8.98. The molecule has 1 aliphatic rings. The molecule has 1 fully saturated rings. The van der Waals surface area contributed by atoms with Crippen LogP contribution in [0.15, 0.2) is 90.5 Å². The quantitative estimate of drug-likeness (QED) is 0.210. The van der Waals surface area contributed by atoms with E-state index in [1.54, 1.807) is 29.2 Å². The van der Waals surface area contributed by atoms with E-state index in [9.17, 15) is 14.7 Å². The molecule has 6 heteroatoms. The number of hydrogen-bond donors (Lipinski definition) is 1. The van der Waals surface area contributed by atoms with Gasteiger partial charge in [-0.2, -0.15) is 0 Å². The van der Waals surface area contributed by atoms with Gasteiger partial charge in [0.05, 0.1) is 11.6 Å². The van der Waals surface area contributed by atoms with Crippen molar-refractivity contribution in [2.75, 3.05) is 26.2 Å². The number of rotatable bonds is 11. The number of Topliss-reactive ketones (excluding diaryl/α,β-unsaturated/α-hetero) is 1. The van der Waals surface area contributed by atoms with Gasteiger partial charge < -0.3 is 19.6 Å².